The Hall–Kier alpha value is -2.63. The highest BCUT2D eigenvalue weighted by Gasteiger charge is 2.47. The van der Waals surface area contributed by atoms with Gasteiger partial charge in [0.05, 0.1) is 17.7 Å². The number of aryl methyl sites for hydroxylation is 1. The average Bonchev–Trinajstić information content (AvgIpc) is 3.31. The molecule has 1 amide bonds. The van der Waals surface area contributed by atoms with Crippen LogP contribution >= 0.6 is 11.6 Å². The summed E-state index contributed by atoms with van der Waals surface area (Å²) >= 11 is 6.43. The van der Waals surface area contributed by atoms with Crippen molar-refractivity contribution < 1.29 is 19.4 Å². The van der Waals surface area contributed by atoms with E-state index in [4.69, 9.17) is 16.3 Å². The highest BCUT2D eigenvalue weighted by atomic mass is 35.5. The van der Waals surface area contributed by atoms with Gasteiger partial charge in [-0.05, 0) is 31.4 Å². The molecule has 4 rings (SSSR count). The van der Waals surface area contributed by atoms with Gasteiger partial charge in [0, 0.05) is 23.7 Å². The van der Waals surface area contributed by atoms with Crippen LogP contribution in [0, 0.1) is 6.92 Å². The molecule has 0 spiro atoms. The fourth-order valence-electron chi connectivity index (χ4n) is 3.96. The molecule has 2 unspecified atom stereocenters. The molecule has 0 bridgehead atoms. The number of rotatable bonds is 4. The molecule has 2 saturated heterocycles. The number of nitrogens with zero attached hydrogens (tertiary/aromatic N) is 1. The Bertz CT molecular complexity index is 977. The molecule has 0 radical (unpaired) electrons. The number of carbonyl (C=O) groups excluding carboxylic acids is 2. The molecule has 2 aliphatic rings. The monoisotopic (exact) mass is 411 g/mol. The molecular formula is C23H22ClNO4. The van der Waals surface area contributed by atoms with Crippen LogP contribution in [-0.2, 0) is 14.3 Å². The summed E-state index contributed by atoms with van der Waals surface area (Å²) in [6.07, 6.45) is 1.63. The third-order valence-corrected chi connectivity index (χ3v) is 5.83. The zero-order valence-electron chi connectivity index (χ0n) is 16.1. The van der Waals surface area contributed by atoms with Crippen LogP contribution in [0.3, 0.4) is 0 Å². The summed E-state index contributed by atoms with van der Waals surface area (Å²) in [5.74, 6) is -1.53. The molecule has 0 saturated carbocycles. The molecule has 150 valence electrons. The van der Waals surface area contributed by atoms with Crippen molar-refractivity contribution in [1.82, 2.24) is 4.90 Å². The summed E-state index contributed by atoms with van der Waals surface area (Å²) in [6, 6.07) is 13.5. The van der Waals surface area contributed by atoms with E-state index in [1.54, 1.807) is 36.4 Å². The fourth-order valence-corrected chi connectivity index (χ4v) is 4.20. The Morgan fingerprint density at radius 2 is 1.90 bits per heavy atom. The molecule has 2 aromatic rings. The SMILES string of the molecule is Cc1ccc(/C(O)=C2/C(=O)C(=O)N(CC3CCCO3)C2c2ccccc2Cl)cc1. The van der Waals surface area contributed by atoms with Crippen LogP contribution in [0.15, 0.2) is 54.1 Å². The number of aliphatic hydroxyl groups is 1. The number of aliphatic hydroxyl groups excluding tert-OH is 1. The minimum absolute atomic E-state index is 0.0601. The summed E-state index contributed by atoms with van der Waals surface area (Å²) in [4.78, 5) is 27.4. The number of halogens is 1. The fraction of sp³-hybridized carbons (Fsp3) is 0.304. The first-order chi connectivity index (χ1) is 14.0. The van der Waals surface area contributed by atoms with Crippen molar-refractivity contribution in [2.45, 2.75) is 31.9 Å². The lowest BCUT2D eigenvalue weighted by atomic mass is 9.95. The standard InChI is InChI=1S/C23H22ClNO4/c1-14-8-10-15(11-9-14)21(26)19-20(17-6-2-3-7-18(17)24)25(23(28)22(19)27)13-16-5-4-12-29-16/h2-3,6-11,16,20,26H,4-5,12-13H2,1H3/b21-19-. The Morgan fingerprint density at radius 3 is 2.55 bits per heavy atom. The van der Waals surface area contributed by atoms with Crippen molar-refractivity contribution in [1.29, 1.82) is 0 Å². The van der Waals surface area contributed by atoms with Gasteiger partial charge >= 0.3 is 0 Å². The molecular weight excluding hydrogens is 390 g/mol. The van der Waals surface area contributed by atoms with Gasteiger partial charge in [0.15, 0.2) is 0 Å². The summed E-state index contributed by atoms with van der Waals surface area (Å²) in [6.45, 7) is 2.87. The molecule has 1 N–H and O–H groups in total. The second-order valence-electron chi connectivity index (χ2n) is 7.47. The highest BCUT2D eigenvalue weighted by molar-refractivity contribution is 6.47. The largest absolute Gasteiger partial charge is 0.507 e. The molecule has 2 heterocycles. The van der Waals surface area contributed by atoms with Gasteiger partial charge in [-0.1, -0.05) is 59.6 Å². The van der Waals surface area contributed by atoms with E-state index in [1.807, 2.05) is 19.1 Å². The number of ketones is 1. The van der Waals surface area contributed by atoms with Crippen LogP contribution in [0.25, 0.3) is 5.76 Å². The van der Waals surface area contributed by atoms with Gasteiger partial charge in [-0.25, -0.2) is 0 Å². The van der Waals surface area contributed by atoms with Gasteiger partial charge in [0.1, 0.15) is 5.76 Å². The Labute approximate surface area is 174 Å². The third-order valence-electron chi connectivity index (χ3n) is 5.49. The second-order valence-corrected chi connectivity index (χ2v) is 7.88. The van der Waals surface area contributed by atoms with Gasteiger partial charge in [0.2, 0.25) is 0 Å². The lowest BCUT2D eigenvalue weighted by Gasteiger charge is -2.28. The van der Waals surface area contributed by atoms with Crippen LogP contribution < -0.4 is 0 Å². The van der Waals surface area contributed by atoms with E-state index in [1.165, 1.54) is 4.90 Å². The topological polar surface area (TPSA) is 66.8 Å². The minimum Gasteiger partial charge on any atom is -0.507 e. The van der Waals surface area contributed by atoms with Crippen LogP contribution in [-0.4, -0.2) is 41.0 Å². The first-order valence-electron chi connectivity index (χ1n) is 9.69. The predicted molar refractivity (Wildman–Crippen MR) is 111 cm³/mol. The molecule has 0 aliphatic carbocycles. The van der Waals surface area contributed by atoms with E-state index in [9.17, 15) is 14.7 Å². The van der Waals surface area contributed by atoms with E-state index in [0.717, 1.165) is 18.4 Å². The van der Waals surface area contributed by atoms with Crippen LogP contribution in [0.4, 0.5) is 0 Å². The van der Waals surface area contributed by atoms with Gasteiger partial charge in [-0.2, -0.15) is 0 Å². The number of benzene rings is 2. The summed E-state index contributed by atoms with van der Waals surface area (Å²) in [7, 11) is 0. The van der Waals surface area contributed by atoms with Crippen molar-refractivity contribution in [3.8, 4) is 0 Å². The van der Waals surface area contributed by atoms with Gasteiger partial charge in [-0.3, -0.25) is 9.59 Å². The van der Waals surface area contributed by atoms with Crippen molar-refractivity contribution in [2.24, 2.45) is 0 Å². The van der Waals surface area contributed by atoms with E-state index in [2.05, 4.69) is 0 Å². The molecule has 6 heteroatoms. The maximum Gasteiger partial charge on any atom is 0.295 e. The van der Waals surface area contributed by atoms with E-state index < -0.39 is 17.7 Å². The van der Waals surface area contributed by atoms with Crippen LogP contribution in [0.2, 0.25) is 5.02 Å². The van der Waals surface area contributed by atoms with Crippen molar-refractivity contribution >= 4 is 29.1 Å². The molecule has 2 fully saturated rings. The first-order valence-corrected chi connectivity index (χ1v) is 10.1. The van der Waals surface area contributed by atoms with E-state index in [0.29, 0.717) is 22.8 Å². The zero-order chi connectivity index (χ0) is 20.5. The lowest BCUT2D eigenvalue weighted by Crippen LogP contribution is -2.36. The number of amides is 1. The van der Waals surface area contributed by atoms with Crippen molar-refractivity contribution in [2.75, 3.05) is 13.2 Å². The Morgan fingerprint density at radius 1 is 1.17 bits per heavy atom. The number of ether oxygens (including phenoxy) is 1. The Balaban J connectivity index is 1.84. The summed E-state index contributed by atoms with van der Waals surface area (Å²) in [5.41, 5.74) is 2.19. The van der Waals surface area contributed by atoms with E-state index >= 15 is 0 Å². The number of carbonyl (C=O) groups is 2. The highest BCUT2D eigenvalue weighted by Crippen LogP contribution is 2.42. The molecule has 2 atom stereocenters. The third kappa shape index (κ3) is 3.68. The second kappa shape index (κ2) is 8.01. The maximum atomic E-state index is 13.0. The predicted octanol–water partition coefficient (Wildman–Crippen LogP) is 4.25. The first kappa shape index (κ1) is 19.7. The normalized spacial score (nSPS) is 23.7. The quantitative estimate of drug-likeness (QED) is 0.464. The van der Waals surface area contributed by atoms with Gasteiger partial charge in [-0.15, -0.1) is 0 Å². The zero-order valence-corrected chi connectivity index (χ0v) is 16.9. The summed E-state index contributed by atoms with van der Waals surface area (Å²) in [5, 5.41) is 11.4. The maximum absolute atomic E-state index is 13.0. The Kier molecular flexibility index (Phi) is 5.43. The van der Waals surface area contributed by atoms with Crippen molar-refractivity contribution in [3.63, 3.8) is 0 Å². The number of Topliss-reactive ketones (excluding diaryl/α,β-unsaturated/α-hetero) is 1. The van der Waals surface area contributed by atoms with E-state index in [-0.39, 0.29) is 24.0 Å². The number of likely N-dealkylation sites (tertiary alicyclic amines) is 1. The average molecular weight is 412 g/mol. The lowest BCUT2D eigenvalue weighted by molar-refractivity contribution is -0.140. The number of hydrogen-bond acceptors (Lipinski definition) is 4. The summed E-state index contributed by atoms with van der Waals surface area (Å²) < 4.78 is 5.69. The molecule has 29 heavy (non-hydrogen) atoms. The molecule has 2 aromatic carbocycles. The number of hydrogen-bond donors (Lipinski definition) is 1. The molecule has 2 aliphatic heterocycles. The molecule has 0 aromatic heterocycles. The van der Waals surface area contributed by atoms with Crippen LogP contribution in [0.5, 0.6) is 0 Å². The van der Waals surface area contributed by atoms with Crippen molar-refractivity contribution in [3.05, 3.63) is 75.8 Å². The van der Waals surface area contributed by atoms with Gasteiger partial charge in [0.25, 0.3) is 11.7 Å². The molecule has 5 nitrogen and oxygen atoms in total. The van der Waals surface area contributed by atoms with Crippen LogP contribution in [0.1, 0.15) is 35.6 Å². The smallest absolute Gasteiger partial charge is 0.295 e. The van der Waals surface area contributed by atoms with Gasteiger partial charge < -0.3 is 14.7 Å². The minimum atomic E-state index is -0.755.